The second-order valence-electron chi connectivity index (χ2n) is 3.53. The predicted molar refractivity (Wildman–Crippen MR) is 69.6 cm³/mol. The van der Waals surface area contributed by atoms with E-state index in [-0.39, 0.29) is 0 Å². The molecule has 0 aliphatic carbocycles. The lowest BCUT2D eigenvalue weighted by molar-refractivity contribution is 0.619. The van der Waals surface area contributed by atoms with Crippen molar-refractivity contribution < 1.29 is 0 Å². The Bertz CT molecular complexity index is 477. The molecule has 2 aromatic rings. The van der Waals surface area contributed by atoms with Crippen LogP contribution >= 0.6 is 27.3 Å². The van der Waals surface area contributed by atoms with Crippen LogP contribution in [0.2, 0.25) is 0 Å². The molecular formula is C10H13BrN4S. The third-order valence-corrected chi connectivity index (χ3v) is 3.90. The van der Waals surface area contributed by atoms with Crippen molar-refractivity contribution in [2.24, 2.45) is 0 Å². The molecule has 0 fully saturated rings. The molecule has 0 bridgehead atoms. The normalized spacial score (nSPS) is 10.9. The standard InChI is InChI=1S/C10H13BrN4S/c1-2-3-8-10(12)13-14-15(8)6-7-4-5-9(11)16-7/h4-5H,2-3,6,12H2,1H3. The number of hydrogen-bond acceptors (Lipinski definition) is 4. The molecule has 2 N–H and O–H groups in total. The summed E-state index contributed by atoms with van der Waals surface area (Å²) in [5.41, 5.74) is 6.82. The highest BCUT2D eigenvalue weighted by molar-refractivity contribution is 9.11. The third kappa shape index (κ3) is 2.44. The monoisotopic (exact) mass is 300 g/mol. The van der Waals surface area contributed by atoms with Gasteiger partial charge in [0.25, 0.3) is 0 Å². The molecule has 0 atom stereocenters. The van der Waals surface area contributed by atoms with Gasteiger partial charge in [-0.3, -0.25) is 0 Å². The first-order chi connectivity index (χ1) is 7.70. The molecule has 0 aromatic carbocycles. The average molecular weight is 301 g/mol. The van der Waals surface area contributed by atoms with Gasteiger partial charge in [0, 0.05) is 4.88 Å². The predicted octanol–water partition coefficient (Wildman–Crippen LogP) is 2.69. The topological polar surface area (TPSA) is 56.7 Å². The van der Waals surface area contributed by atoms with Gasteiger partial charge < -0.3 is 5.73 Å². The van der Waals surface area contributed by atoms with Crippen molar-refractivity contribution >= 4 is 33.1 Å². The molecule has 2 aromatic heterocycles. The van der Waals surface area contributed by atoms with Crippen LogP contribution in [0.3, 0.4) is 0 Å². The van der Waals surface area contributed by atoms with E-state index in [1.807, 2.05) is 10.7 Å². The van der Waals surface area contributed by atoms with Crippen molar-refractivity contribution in [3.05, 3.63) is 26.5 Å². The molecule has 86 valence electrons. The van der Waals surface area contributed by atoms with Crippen molar-refractivity contribution in [3.63, 3.8) is 0 Å². The number of halogens is 1. The lowest BCUT2D eigenvalue weighted by atomic mass is 10.2. The molecule has 2 rings (SSSR count). The van der Waals surface area contributed by atoms with Crippen LogP contribution in [-0.2, 0) is 13.0 Å². The van der Waals surface area contributed by atoms with Crippen molar-refractivity contribution in [2.45, 2.75) is 26.3 Å². The number of aromatic nitrogens is 3. The van der Waals surface area contributed by atoms with E-state index in [0.29, 0.717) is 5.82 Å². The van der Waals surface area contributed by atoms with Crippen LogP contribution in [0.15, 0.2) is 15.9 Å². The fourth-order valence-electron chi connectivity index (χ4n) is 1.55. The number of hydrogen-bond donors (Lipinski definition) is 1. The van der Waals surface area contributed by atoms with Gasteiger partial charge in [-0.05, 0) is 34.5 Å². The van der Waals surface area contributed by atoms with E-state index in [9.17, 15) is 0 Å². The molecule has 16 heavy (non-hydrogen) atoms. The quantitative estimate of drug-likeness (QED) is 0.944. The largest absolute Gasteiger partial charge is 0.381 e. The van der Waals surface area contributed by atoms with Gasteiger partial charge >= 0.3 is 0 Å². The maximum absolute atomic E-state index is 5.79. The summed E-state index contributed by atoms with van der Waals surface area (Å²) in [5, 5.41) is 7.99. The summed E-state index contributed by atoms with van der Waals surface area (Å²) in [6.45, 7) is 2.87. The summed E-state index contributed by atoms with van der Waals surface area (Å²) in [6.07, 6.45) is 1.97. The zero-order chi connectivity index (χ0) is 11.5. The SMILES string of the molecule is CCCc1c(N)nnn1Cc1ccc(Br)s1. The van der Waals surface area contributed by atoms with Gasteiger partial charge in [-0.2, -0.15) is 0 Å². The molecule has 0 aliphatic rings. The number of nitrogens with zero attached hydrogens (tertiary/aromatic N) is 3. The zero-order valence-corrected chi connectivity index (χ0v) is 11.4. The molecular weight excluding hydrogens is 288 g/mol. The highest BCUT2D eigenvalue weighted by Gasteiger charge is 2.10. The van der Waals surface area contributed by atoms with Crippen LogP contribution < -0.4 is 5.73 Å². The minimum Gasteiger partial charge on any atom is -0.381 e. The summed E-state index contributed by atoms with van der Waals surface area (Å²) >= 11 is 5.15. The van der Waals surface area contributed by atoms with Crippen LogP contribution in [0.5, 0.6) is 0 Å². The Hall–Kier alpha value is -0.880. The Kier molecular flexibility index (Phi) is 3.60. The van der Waals surface area contributed by atoms with Gasteiger partial charge in [-0.25, -0.2) is 4.68 Å². The number of nitrogens with two attached hydrogens (primary N) is 1. The smallest absolute Gasteiger partial charge is 0.169 e. The molecule has 4 nitrogen and oxygen atoms in total. The maximum atomic E-state index is 5.79. The minimum absolute atomic E-state index is 0.553. The summed E-state index contributed by atoms with van der Waals surface area (Å²) in [7, 11) is 0. The van der Waals surface area contributed by atoms with Gasteiger partial charge in [-0.1, -0.05) is 18.6 Å². The number of thiophene rings is 1. The summed E-state index contributed by atoms with van der Waals surface area (Å²) < 4.78 is 3.02. The molecule has 0 spiro atoms. The second-order valence-corrected chi connectivity index (χ2v) is 6.08. The summed E-state index contributed by atoms with van der Waals surface area (Å²) in [5.74, 6) is 0.553. The third-order valence-electron chi connectivity index (χ3n) is 2.29. The molecule has 2 heterocycles. The van der Waals surface area contributed by atoms with E-state index in [4.69, 9.17) is 5.73 Å². The number of anilines is 1. The Morgan fingerprint density at radius 2 is 2.31 bits per heavy atom. The van der Waals surface area contributed by atoms with Crippen LogP contribution in [-0.4, -0.2) is 15.0 Å². The lowest BCUT2D eigenvalue weighted by Crippen LogP contribution is -2.06. The second kappa shape index (κ2) is 4.97. The summed E-state index contributed by atoms with van der Waals surface area (Å²) in [4.78, 5) is 1.24. The van der Waals surface area contributed by atoms with Crippen molar-refractivity contribution in [1.29, 1.82) is 0 Å². The zero-order valence-electron chi connectivity index (χ0n) is 8.98. The number of nitrogen functional groups attached to an aromatic ring is 1. The van der Waals surface area contributed by atoms with Crippen molar-refractivity contribution in [3.8, 4) is 0 Å². The summed E-state index contributed by atoms with van der Waals surface area (Å²) in [6, 6.07) is 4.13. The van der Waals surface area contributed by atoms with E-state index >= 15 is 0 Å². The maximum Gasteiger partial charge on any atom is 0.169 e. The number of rotatable bonds is 4. The van der Waals surface area contributed by atoms with Crippen LogP contribution in [0.4, 0.5) is 5.82 Å². The highest BCUT2D eigenvalue weighted by Crippen LogP contribution is 2.23. The van der Waals surface area contributed by atoms with E-state index in [1.165, 1.54) is 4.88 Å². The molecule has 0 unspecified atom stereocenters. The molecule has 6 heteroatoms. The average Bonchev–Trinajstić information content (AvgIpc) is 2.79. The first kappa shape index (κ1) is 11.6. The first-order valence-corrected chi connectivity index (χ1v) is 6.73. The van der Waals surface area contributed by atoms with E-state index < -0.39 is 0 Å². The van der Waals surface area contributed by atoms with Crippen LogP contribution in [0.25, 0.3) is 0 Å². The molecule has 0 aliphatic heterocycles. The van der Waals surface area contributed by atoms with Crippen molar-refractivity contribution in [1.82, 2.24) is 15.0 Å². The van der Waals surface area contributed by atoms with Gasteiger partial charge in [0.05, 0.1) is 16.0 Å². The Morgan fingerprint density at radius 3 is 2.94 bits per heavy atom. The molecule has 0 amide bonds. The van der Waals surface area contributed by atoms with Crippen molar-refractivity contribution in [2.75, 3.05) is 5.73 Å². The Morgan fingerprint density at radius 1 is 1.50 bits per heavy atom. The highest BCUT2D eigenvalue weighted by atomic mass is 79.9. The van der Waals surface area contributed by atoms with Gasteiger partial charge in [0.15, 0.2) is 5.82 Å². The van der Waals surface area contributed by atoms with Gasteiger partial charge in [-0.15, -0.1) is 16.4 Å². The van der Waals surface area contributed by atoms with E-state index in [0.717, 1.165) is 28.9 Å². The van der Waals surface area contributed by atoms with E-state index in [2.05, 4.69) is 39.2 Å². The van der Waals surface area contributed by atoms with Gasteiger partial charge in [0.1, 0.15) is 0 Å². The first-order valence-electron chi connectivity index (χ1n) is 5.12. The molecule has 0 radical (unpaired) electrons. The van der Waals surface area contributed by atoms with Crippen LogP contribution in [0, 0.1) is 0 Å². The van der Waals surface area contributed by atoms with Gasteiger partial charge in [0.2, 0.25) is 0 Å². The Balaban J connectivity index is 2.20. The van der Waals surface area contributed by atoms with E-state index in [1.54, 1.807) is 11.3 Å². The fraction of sp³-hybridized carbons (Fsp3) is 0.400. The molecule has 0 saturated carbocycles. The molecule has 0 saturated heterocycles. The lowest BCUT2D eigenvalue weighted by Gasteiger charge is -2.03. The Labute approximate surface area is 107 Å². The minimum atomic E-state index is 0.553. The van der Waals surface area contributed by atoms with Crippen LogP contribution in [0.1, 0.15) is 23.9 Å². The fourth-order valence-corrected chi connectivity index (χ4v) is 3.02.